The molecule has 0 atom stereocenters. The quantitative estimate of drug-likeness (QED) is 0.760. The number of fused-ring (bicyclic) bond motifs is 1. The highest BCUT2D eigenvalue weighted by molar-refractivity contribution is 5.70. The van der Waals surface area contributed by atoms with Crippen molar-refractivity contribution in [2.24, 2.45) is 0 Å². The maximum atomic E-state index is 12.1. The Hall–Kier alpha value is -2.58. The average molecular weight is 351 g/mol. The van der Waals surface area contributed by atoms with E-state index in [2.05, 4.69) is 15.3 Å². The molecule has 0 unspecified atom stereocenters. The van der Waals surface area contributed by atoms with Crippen molar-refractivity contribution in [2.45, 2.75) is 59.2 Å². The summed E-state index contributed by atoms with van der Waals surface area (Å²) < 4.78 is 8.31. The summed E-state index contributed by atoms with van der Waals surface area (Å²) >= 11 is 0. The summed E-state index contributed by atoms with van der Waals surface area (Å²) in [5, 5.41) is 2.67. The Morgan fingerprint density at radius 2 is 2.04 bits per heavy atom. The van der Waals surface area contributed by atoms with Crippen molar-refractivity contribution in [2.75, 3.05) is 6.54 Å². The minimum absolute atomic E-state index is 0.366. The molecular weight excluding hydrogens is 326 g/mol. The van der Waals surface area contributed by atoms with E-state index in [0.717, 1.165) is 6.42 Å². The van der Waals surface area contributed by atoms with Gasteiger partial charge >= 0.3 is 11.8 Å². The Labute approximate surface area is 145 Å². The van der Waals surface area contributed by atoms with Gasteiger partial charge < -0.3 is 14.6 Å². The predicted molar refractivity (Wildman–Crippen MR) is 93.8 cm³/mol. The molecule has 2 N–H and O–H groups in total. The molecule has 0 aliphatic rings. The smallest absolute Gasteiger partial charge is 0.407 e. The zero-order chi connectivity index (χ0) is 18.6. The lowest BCUT2D eigenvalue weighted by molar-refractivity contribution is 0.0527. The van der Waals surface area contributed by atoms with Crippen LogP contribution in [-0.4, -0.2) is 37.3 Å². The molecule has 0 aliphatic heterocycles. The Balaban J connectivity index is 2.05. The summed E-state index contributed by atoms with van der Waals surface area (Å²) in [6.07, 6.45) is 2.42. The molecule has 0 saturated carbocycles. The van der Waals surface area contributed by atoms with Crippen molar-refractivity contribution in [1.82, 2.24) is 24.4 Å². The van der Waals surface area contributed by atoms with Gasteiger partial charge in [-0.1, -0.05) is 6.92 Å². The SMILES string of the molecule is CCCn1c(=O)[nH]c(=O)c2c1ncn2CCCNC(=O)OC(C)(C)C. The van der Waals surface area contributed by atoms with Crippen molar-refractivity contribution in [3.8, 4) is 0 Å². The number of hydrogen-bond acceptors (Lipinski definition) is 5. The number of aromatic nitrogens is 4. The Kier molecular flexibility index (Phi) is 5.66. The van der Waals surface area contributed by atoms with Crippen molar-refractivity contribution in [1.29, 1.82) is 0 Å². The molecule has 0 aliphatic carbocycles. The molecule has 9 nitrogen and oxygen atoms in total. The van der Waals surface area contributed by atoms with E-state index in [9.17, 15) is 14.4 Å². The topological polar surface area (TPSA) is 111 Å². The van der Waals surface area contributed by atoms with Crippen molar-refractivity contribution >= 4 is 17.3 Å². The van der Waals surface area contributed by atoms with Crippen LogP contribution in [0.2, 0.25) is 0 Å². The van der Waals surface area contributed by atoms with Gasteiger partial charge in [-0.05, 0) is 33.6 Å². The Morgan fingerprint density at radius 1 is 1.32 bits per heavy atom. The molecule has 0 spiro atoms. The van der Waals surface area contributed by atoms with Gasteiger partial charge in [-0.15, -0.1) is 0 Å². The van der Waals surface area contributed by atoms with E-state index < -0.39 is 22.9 Å². The fourth-order valence-corrected chi connectivity index (χ4v) is 2.48. The number of carbonyl (C=O) groups is 1. The second-order valence-electron chi connectivity index (χ2n) is 6.80. The molecule has 2 aromatic rings. The zero-order valence-electron chi connectivity index (χ0n) is 15.1. The number of ether oxygens (including phenoxy) is 1. The van der Waals surface area contributed by atoms with E-state index >= 15 is 0 Å². The molecule has 0 fully saturated rings. The number of amides is 1. The fourth-order valence-electron chi connectivity index (χ4n) is 2.48. The lowest BCUT2D eigenvalue weighted by Gasteiger charge is -2.19. The first-order valence-electron chi connectivity index (χ1n) is 8.37. The number of nitrogens with zero attached hydrogens (tertiary/aromatic N) is 3. The van der Waals surface area contributed by atoms with Crippen molar-refractivity contribution in [3.05, 3.63) is 27.2 Å². The number of alkyl carbamates (subject to hydrolysis) is 1. The average Bonchev–Trinajstić information content (AvgIpc) is 2.90. The van der Waals surface area contributed by atoms with Gasteiger partial charge in [0.1, 0.15) is 5.60 Å². The lowest BCUT2D eigenvalue weighted by atomic mass is 10.2. The van der Waals surface area contributed by atoms with Crippen LogP contribution in [0.3, 0.4) is 0 Å². The van der Waals surface area contributed by atoms with Crippen LogP contribution in [0, 0.1) is 0 Å². The number of aromatic amines is 1. The molecule has 25 heavy (non-hydrogen) atoms. The van der Waals surface area contributed by atoms with E-state index in [0.29, 0.717) is 37.2 Å². The molecule has 2 heterocycles. The summed E-state index contributed by atoms with van der Waals surface area (Å²) in [4.78, 5) is 42.2. The van der Waals surface area contributed by atoms with E-state index in [1.165, 1.54) is 4.57 Å². The second kappa shape index (κ2) is 7.54. The van der Waals surface area contributed by atoms with Crippen LogP contribution >= 0.6 is 0 Å². The molecule has 9 heteroatoms. The third kappa shape index (κ3) is 4.71. The zero-order valence-corrected chi connectivity index (χ0v) is 15.1. The molecule has 1 amide bonds. The summed E-state index contributed by atoms with van der Waals surface area (Å²) in [6.45, 7) is 8.72. The van der Waals surface area contributed by atoms with Gasteiger partial charge in [0.15, 0.2) is 11.2 Å². The van der Waals surface area contributed by atoms with Crippen LogP contribution < -0.4 is 16.6 Å². The molecule has 0 aromatic carbocycles. The maximum Gasteiger partial charge on any atom is 0.407 e. The van der Waals surface area contributed by atoms with Gasteiger partial charge in [0.05, 0.1) is 6.33 Å². The molecule has 0 saturated heterocycles. The van der Waals surface area contributed by atoms with Gasteiger partial charge in [0, 0.05) is 19.6 Å². The number of nitrogens with one attached hydrogen (secondary N) is 2. The Morgan fingerprint density at radius 3 is 2.68 bits per heavy atom. The van der Waals surface area contributed by atoms with Crippen LogP contribution in [0.1, 0.15) is 40.5 Å². The van der Waals surface area contributed by atoms with Crippen LogP contribution in [0.4, 0.5) is 4.79 Å². The summed E-state index contributed by atoms with van der Waals surface area (Å²) in [5.41, 5.74) is -0.692. The third-order valence-electron chi connectivity index (χ3n) is 3.45. The minimum atomic E-state index is -0.541. The normalized spacial score (nSPS) is 11.7. The van der Waals surface area contributed by atoms with Crippen LogP contribution in [0.25, 0.3) is 11.2 Å². The molecular formula is C16H25N5O4. The lowest BCUT2D eigenvalue weighted by Crippen LogP contribution is -2.33. The van der Waals surface area contributed by atoms with Crippen molar-refractivity contribution < 1.29 is 9.53 Å². The highest BCUT2D eigenvalue weighted by Gasteiger charge is 2.16. The standard InChI is InChI=1S/C16H25N5O4/c1-5-8-21-12-11(13(22)19-14(21)23)20(10-18-12)9-6-7-17-15(24)25-16(2,3)4/h10H,5-9H2,1-4H3,(H,17,24)(H,19,22,23). The first kappa shape index (κ1) is 18.8. The molecule has 2 aromatic heterocycles. The molecule has 0 radical (unpaired) electrons. The van der Waals surface area contributed by atoms with Crippen molar-refractivity contribution in [3.63, 3.8) is 0 Å². The highest BCUT2D eigenvalue weighted by atomic mass is 16.6. The van der Waals surface area contributed by atoms with E-state index in [4.69, 9.17) is 4.74 Å². The number of rotatable bonds is 6. The summed E-state index contributed by atoms with van der Waals surface area (Å²) in [7, 11) is 0. The van der Waals surface area contributed by atoms with Gasteiger partial charge in [-0.25, -0.2) is 14.6 Å². The maximum absolute atomic E-state index is 12.1. The second-order valence-corrected chi connectivity index (χ2v) is 6.80. The Bertz CT molecular complexity index is 856. The minimum Gasteiger partial charge on any atom is -0.444 e. The van der Waals surface area contributed by atoms with Gasteiger partial charge in [-0.2, -0.15) is 0 Å². The van der Waals surface area contributed by atoms with E-state index in [1.54, 1.807) is 31.7 Å². The number of carbonyl (C=O) groups excluding carboxylic acids is 1. The van der Waals surface area contributed by atoms with Gasteiger partial charge in [0.25, 0.3) is 5.56 Å². The monoisotopic (exact) mass is 351 g/mol. The summed E-state index contributed by atoms with van der Waals surface area (Å²) in [5.74, 6) is 0. The number of aryl methyl sites for hydroxylation is 2. The fraction of sp³-hybridized carbons (Fsp3) is 0.625. The third-order valence-corrected chi connectivity index (χ3v) is 3.45. The molecule has 138 valence electrons. The van der Waals surface area contributed by atoms with Crippen LogP contribution in [0.5, 0.6) is 0 Å². The number of H-pyrrole nitrogens is 1. The first-order chi connectivity index (χ1) is 11.7. The number of hydrogen-bond donors (Lipinski definition) is 2. The summed E-state index contributed by atoms with van der Waals surface area (Å²) in [6, 6.07) is 0. The first-order valence-corrected chi connectivity index (χ1v) is 8.37. The highest BCUT2D eigenvalue weighted by Crippen LogP contribution is 2.08. The van der Waals surface area contributed by atoms with Gasteiger partial charge in [-0.3, -0.25) is 14.3 Å². The molecule has 2 rings (SSSR count). The predicted octanol–water partition coefficient (Wildman–Crippen LogP) is 1.21. The van der Waals surface area contributed by atoms with E-state index in [1.807, 2.05) is 6.92 Å². The number of imidazole rings is 1. The van der Waals surface area contributed by atoms with E-state index in [-0.39, 0.29) is 0 Å². The largest absolute Gasteiger partial charge is 0.444 e. The van der Waals surface area contributed by atoms with Crippen LogP contribution in [-0.2, 0) is 17.8 Å². The molecule has 0 bridgehead atoms. The van der Waals surface area contributed by atoms with Crippen LogP contribution in [0.15, 0.2) is 15.9 Å². The van der Waals surface area contributed by atoms with Gasteiger partial charge in [0.2, 0.25) is 0 Å².